The maximum Gasteiger partial charge on any atom is 0.305 e. The van der Waals surface area contributed by atoms with Gasteiger partial charge in [-0.1, -0.05) is 372 Å². The number of carbonyl (C=O) groups excluding carboxylic acids is 2. The van der Waals surface area contributed by atoms with E-state index in [0.717, 1.165) is 44.9 Å². The van der Waals surface area contributed by atoms with Crippen LogP contribution in [-0.2, 0) is 14.3 Å². The number of aliphatic hydroxyl groups excluding tert-OH is 2. The van der Waals surface area contributed by atoms with Crippen LogP contribution in [0.3, 0.4) is 0 Å². The molecule has 0 aromatic carbocycles. The van der Waals surface area contributed by atoms with Gasteiger partial charge in [-0.3, -0.25) is 9.59 Å². The molecule has 0 aliphatic carbocycles. The number of unbranched alkanes of at least 4 members (excludes halogenated alkanes) is 58. The molecule has 0 saturated carbocycles. The molecule has 0 heterocycles. The largest absolute Gasteiger partial charge is 0.466 e. The average Bonchev–Trinajstić information content (AvgIpc) is 3.51. The summed E-state index contributed by atoms with van der Waals surface area (Å²) >= 11 is 0. The summed E-state index contributed by atoms with van der Waals surface area (Å²) in [6.07, 6.45) is 94.0. The molecule has 0 fully saturated rings. The van der Waals surface area contributed by atoms with Gasteiger partial charge in [-0.2, -0.15) is 0 Å². The maximum atomic E-state index is 12.6. The third kappa shape index (κ3) is 69.4. The molecule has 6 nitrogen and oxygen atoms in total. The molecule has 0 aromatic heterocycles. The Kier molecular flexibility index (Phi) is 72.3. The third-order valence-electron chi connectivity index (χ3n) is 18.2. The number of carbonyl (C=O) groups is 2. The fourth-order valence-electron chi connectivity index (χ4n) is 12.3. The van der Waals surface area contributed by atoms with Crippen LogP contribution in [0.15, 0.2) is 24.3 Å². The van der Waals surface area contributed by atoms with Gasteiger partial charge in [0.05, 0.1) is 25.4 Å². The van der Waals surface area contributed by atoms with E-state index in [1.165, 1.54) is 360 Å². The van der Waals surface area contributed by atoms with Gasteiger partial charge in [-0.05, 0) is 77.0 Å². The van der Waals surface area contributed by atoms with E-state index in [9.17, 15) is 19.8 Å². The van der Waals surface area contributed by atoms with E-state index < -0.39 is 12.1 Å². The minimum absolute atomic E-state index is 0.00895. The van der Waals surface area contributed by atoms with Gasteiger partial charge >= 0.3 is 5.97 Å². The van der Waals surface area contributed by atoms with Crippen LogP contribution in [0.5, 0.6) is 0 Å². The summed E-state index contributed by atoms with van der Waals surface area (Å²) in [6.45, 7) is 4.99. The van der Waals surface area contributed by atoms with Crippen molar-refractivity contribution in [3.05, 3.63) is 24.3 Å². The van der Waals surface area contributed by atoms with E-state index in [1.807, 2.05) is 0 Å². The van der Waals surface area contributed by atoms with Crippen molar-refractivity contribution in [2.75, 3.05) is 13.2 Å². The number of allylic oxidation sites excluding steroid dienone is 4. The lowest BCUT2D eigenvalue weighted by Gasteiger charge is -2.22. The van der Waals surface area contributed by atoms with Crippen LogP contribution in [0.2, 0.25) is 0 Å². The van der Waals surface area contributed by atoms with Crippen LogP contribution < -0.4 is 5.32 Å². The molecular weight excluding hydrogens is 1030 g/mol. The second kappa shape index (κ2) is 73.8. The van der Waals surface area contributed by atoms with Crippen LogP contribution in [0.25, 0.3) is 0 Å². The van der Waals surface area contributed by atoms with Crippen molar-refractivity contribution in [3.63, 3.8) is 0 Å². The standard InChI is InChI=1S/C78H151NO5/c1-3-5-7-9-11-13-15-17-19-20-21-22-23-30-33-36-39-43-46-50-54-58-62-66-70-76(81)75(74-80)79-77(82)71-67-63-59-55-51-47-44-40-37-34-31-28-26-24-25-27-29-32-35-38-41-45-49-53-57-61-65-69-73-84-78(83)72-68-64-60-56-52-48-42-18-16-14-12-10-8-6-4-2/h18,24-25,42,75-76,80-81H,3-17,19-23,26-41,43-74H2,1-2H3,(H,79,82)/b25-24-,42-18-. The Hall–Kier alpha value is -1.66. The Morgan fingerprint density at radius 2 is 0.560 bits per heavy atom. The topological polar surface area (TPSA) is 95.9 Å². The van der Waals surface area contributed by atoms with E-state index in [4.69, 9.17) is 4.74 Å². The number of hydrogen-bond acceptors (Lipinski definition) is 5. The Balaban J connectivity index is 3.38. The zero-order chi connectivity index (χ0) is 60.6. The summed E-state index contributed by atoms with van der Waals surface area (Å²) in [7, 11) is 0. The quantitative estimate of drug-likeness (QED) is 0.0320. The van der Waals surface area contributed by atoms with Crippen LogP contribution in [0.4, 0.5) is 0 Å². The molecular formula is C78H151NO5. The van der Waals surface area contributed by atoms with Crippen molar-refractivity contribution in [2.24, 2.45) is 0 Å². The molecule has 1 amide bonds. The Bertz CT molecular complexity index is 1320. The first-order valence-corrected chi connectivity index (χ1v) is 38.6. The molecule has 0 aliphatic rings. The zero-order valence-electron chi connectivity index (χ0n) is 57.2. The van der Waals surface area contributed by atoms with Crippen molar-refractivity contribution in [1.82, 2.24) is 5.32 Å². The number of ether oxygens (including phenoxy) is 1. The Labute approximate surface area is 526 Å². The molecule has 2 unspecified atom stereocenters. The van der Waals surface area contributed by atoms with Gasteiger partial charge in [0.15, 0.2) is 0 Å². The highest BCUT2D eigenvalue weighted by molar-refractivity contribution is 5.76. The molecule has 2 atom stereocenters. The molecule has 0 aliphatic heterocycles. The number of amides is 1. The van der Waals surface area contributed by atoms with E-state index in [-0.39, 0.29) is 18.5 Å². The molecule has 0 spiro atoms. The lowest BCUT2D eigenvalue weighted by Crippen LogP contribution is -2.45. The smallest absolute Gasteiger partial charge is 0.305 e. The molecule has 84 heavy (non-hydrogen) atoms. The van der Waals surface area contributed by atoms with Gasteiger partial charge in [0.2, 0.25) is 5.91 Å². The minimum atomic E-state index is -0.666. The van der Waals surface area contributed by atoms with E-state index >= 15 is 0 Å². The van der Waals surface area contributed by atoms with Gasteiger partial charge in [-0.25, -0.2) is 0 Å². The Morgan fingerprint density at radius 3 is 0.845 bits per heavy atom. The molecule has 6 heteroatoms. The molecule has 3 N–H and O–H groups in total. The molecule has 0 aromatic rings. The lowest BCUT2D eigenvalue weighted by molar-refractivity contribution is -0.143. The fraction of sp³-hybridized carbons (Fsp3) is 0.923. The van der Waals surface area contributed by atoms with Gasteiger partial charge in [0.25, 0.3) is 0 Å². The number of nitrogens with one attached hydrogen (secondary N) is 1. The first kappa shape index (κ1) is 82.3. The fourth-order valence-corrected chi connectivity index (χ4v) is 12.3. The molecule has 0 radical (unpaired) electrons. The number of aliphatic hydroxyl groups is 2. The second-order valence-electron chi connectivity index (χ2n) is 26.7. The van der Waals surface area contributed by atoms with Crippen molar-refractivity contribution >= 4 is 11.9 Å². The normalized spacial score (nSPS) is 12.6. The van der Waals surface area contributed by atoms with E-state index in [1.54, 1.807) is 0 Å². The van der Waals surface area contributed by atoms with Crippen LogP contribution in [0.1, 0.15) is 438 Å². The summed E-state index contributed by atoms with van der Waals surface area (Å²) in [5.74, 6) is -0.0206. The number of rotatable bonds is 73. The maximum absolute atomic E-state index is 12.6. The van der Waals surface area contributed by atoms with Crippen molar-refractivity contribution in [2.45, 2.75) is 450 Å². The van der Waals surface area contributed by atoms with Crippen LogP contribution >= 0.6 is 0 Å². The molecule has 498 valence electrons. The first-order valence-electron chi connectivity index (χ1n) is 38.6. The lowest BCUT2D eigenvalue weighted by atomic mass is 10.0. The summed E-state index contributed by atoms with van der Waals surface area (Å²) in [6, 6.07) is -0.543. The Morgan fingerprint density at radius 1 is 0.321 bits per heavy atom. The zero-order valence-corrected chi connectivity index (χ0v) is 57.2. The van der Waals surface area contributed by atoms with E-state index in [0.29, 0.717) is 25.9 Å². The van der Waals surface area contributed by atoms with Crippen molar-refractivity contribution in [1.29, 1.82) is 0 Å². The summed E-state index contributed by atoms with van der Waals surface area (Å²) in [4.78, 5) is 24.6. The minimum Gasteiger partial charge on any atom is -0.466 e. The van der Waals surface area contributed by atoms with Gasteiger partial charge < -0.3 is 20.3 Å². The van der Waals surface area contributed by atoms with E-state index in [2.05, 4.69) is 43.5 Å². The first-order chi connectivity index (χ1) is 41.5. The summed E-state index contributed by atoms with van der Waals surface area (Å²) < 4.78 is 5.49. The highest BCUT2D eigenvalue weighted by Gasteiger charge is 2.20. The monoisotopic (exact) mass is 1180 g/mol. The van der Waals surface area contributed by atoms with Crippen LogP contribution in [-0.4, -0.2) is 47.4 Å². The van der Waals surface area contributed by atoms with Crippen molar-refractivity contribution < 1.29 is 24.5 Å². The second-order valence-corrected chi connectivity index (χ2v) is 26.7. The van der Waals surface area contributed by atoms with Crippen molar-refractivity contribution in [3.8, 4) is 0 Å². The summed E-state index contributed by atoms with van der Waals surface area (Å²) in [5.41, 5.74) is 0. The average molecular weight is 1180 g/mol. The number of esters is 1. The van der Waals surface area contributed by atoms with Gasteiger partial charge in [-0.15, -0.1) is 0 Å². The predicted octanol–water partition coefficient (Wildman–Crippen LogP) is 25.3. The summed E-state index contributed by atoms with van der Waals surface area (Å²) in [5, 5.41) is 23.5. The SMILES string of the molecule is CCCCCCCC/C=C\CCCCCCCC(=O)OCCCCCCCCCCCCCC/C=C\CCCCCCCCCCCCCCC(=O)NC(CO)C(O)CCCCCCCCCCCCCCCCCCCCCCCCCC. The van der Waals surface area contributed by atoms with Gasteiger partial charge in [0, 0.05) is 12.8 Å². The molecule has 0 rings (SSSR count). The van der Waals surface area contributed by atoms with Gasteiger partial charge in [0.1, 0.15) is 0 Å². The third-order valence-corrected chi connectivity index (χ3v) is 18.2. The highest BCUT2D eigenvalue weighted by atomic mass is 16.5. The molecule has 0 bridgehead atoms. The van der Waals surface area contributed by atoms with Crippen LogP contribution in [0, 0.1) is 0 Å². The predicted molar refractivity (Wildman–Crippen MR) is 370 cm³/mol. The number of hydrogen-bond donors (Lipinski definition) is 3. The highest BCUT2D eigenvalue weighted by Crippen LogP contribution is 2.20. The molecule has 0 saturated heterocycles.